The van der Waals surface area contributed by atoms with E-state index >= 15 is 0 Å². The second kappa shape index (κ2) is 7.55. The number of carbonyl (C=O) groups excluding carboxylic acids is 1. The van der Waals surface area contributed by atoms with E-state index in [1.807, 2.05) is 0 Å². The number of carbonyl (C=O) groups is 1. The summed E-state index contributed by atoms with van der Waals surface area (Å²) in [7, 11) is 1.46. The van der Waals surface area contributed by atoms with Crippen molar-refractivity contribution in [3.05, 3.63) is 23.8 Å². The van der Waals surface area contributed by atoms with Gasteiger partial charge in [0.15, 0.2) is 5.75 Å². The van der Waals surface area contributed by atoms with Gasteiger partial charge in [-0.15, -0.1) is 0 Å². The Bertz CT molecular complexity index is 393. The summed E-state index contributed by atoms with van der Waals surface area (Å²) in [6, 6.07) is 4.96. The minimum Gasteiger partial charge on any atom is -0.494 e. The predicted molar refractivity (Wildman–Crippen MR) is 68.6 cm³/mol. The molecule has 0 aliphatic heterocycles. The van der Waals surface area contributed by atoms with Crippen molar-refractivity contribution in [2.24, 2.45) is 0 Å². The van der Waals surface area contributed by atoms with Gasteiger partial charge in [0.05, 0.1) is 19.4 Å². The molecule has 0 amide bonds. The second-order valence-corrected chi connectivity index (χ2v) is 3.85. The quantitative estimate of drug-likeness (QED) is 0.438. The van der Waals surface area contributed by atoms with Gasteiger partial charge in [0, 0.05) is 6.61 Å². The highest BCUT2D eigenvalue weighted by Crippen LogP contribution is 2.26. The molecule has 100 valence electrons. The van der Waals surface area contributed by atoms with Crippen LogP contribution in [-0.4, -0.2) is 31.4 Å². The van der Waals surface area contributed by atoms with Crippen LogP contribution in [0.4, 0.5) is 5.69 Å². The molecule has 0 aliphatic rings. The molecule has 0 aliphatic carbocycles. The Labute approximate surface area is 107 Å². The van der Waals surface area contributed by atoms with Crippen molar-refractivity contribution in [2.75, 3.05) is 26.1 Å². The molecule has 1 aromatic carbocycles. The molecule has 18 heavy (non-hydrogen) atoms. The van der Waals surface area contributed by atoms with Crippen LogP contribution >= 0.6 is 0 Å². The van der Waals surface area contributed by atoms with Crippen LogP contribution in [0.15, 0.2) is 18.2 Å². The summed E-state index contributed by atoms with van der Waals surface area (Å²) >= 11 is 0. The maximum absolute atomic E-state index is 11.8. The number of nitrogen functional groups attached to an aromatic ring is 1. The van der Waals surface area contributed by atoms with E-state index in [4.69, 9.17) is 20.3 Å². The van der Waals surface area contributed by atoms with E-state index in [0.717, 1.165) is 19.3 Å². The van der Waals surface area contributed by atoms with E-state index in [1.54, 1.807) is 18.2 Å². The number of esters is 1. The number of para-hydroxylation sites is 1. The topological polar surface area (TPSA) is 81.8 Å². The van der Waals surface area contributed by atoms with E-state index < -0.39 is 5.97 Å². The van der Waals surface area contributed by atoms with Gasteiger partial charge >= 0.3 is 5.97 Å². The van der Waals surface area contributed by atoms with Crippen molar-refractivity contribution in [2.45, 2.75) is 19.3 Å². The molecule has 0 heterocycles. The minimum absolute atomic E-state index is 0.164. The van der Waals surface area contributed by atoms with Crippen LogP contribution < -0.4 is 10.5 Å². The fraction of sp³-hybridized carbons (Fsp3) is 0.462. The Hall–Kier alpha value is -1.75. The maximum Gasteiger partial charge on any atom is 0.342 e. The normalized spacial score (nSPS) is 10.1. The van der Waals surface area contributed by atoms with Gasteiger partial charge in [0.1, 0.15) is 5.56 Å². The lowest BCUT2D eigenvalue weighted by atomic mass is 10.1. The van der Waals surface area contributed by atoms with Gasteiger partial charge in [0.2, 0.25) is 0 Å². The van der Waals surface area contributed by atoms with Gasteiger partial charge in [-0.25, -0.2) is 4.79 Å². The van der Waals surface area contributed by atoms with Gasteiger partial charge in [-0.3, -0.25) is 0 Å². The molecule has 5 nitrogen and oxygen atoms in total. The summed E-state index contributed by atoms with van der Waals surface area (Å²) in [6.07, 6.45) is 2.29. The molecular formula is C13H19NO4. The molecule has 0 fully saturated rings. The third-order valence-electron chi connectivity index (χ3n) is 2.51. The summed E-state index contributed by atoms with van der Waals surface area (Å²) in [4.78, 5) is 11.8. The molecule has 0 saturated carbocycles. The number of benzene rings is 1. The van der Waals surface area contributed by atoms with E-state index in [9.17, 15) is 4.79 Å². The van der Waals surface area contributed by atoms with Crippen molar-refractivity contribution in [3.63, 3.8) is 0 Å². The zero-order chi connectivity index (χ0) is 13.4. The highest BCUT2D eigenvalue weighted by atomic mass is 16.5. The first-order valence-corrected chi connectivity index (χ1v) is 5.91. The van der Waals surface area contributed by atoms with E-state index in [0.29, 0.717) is 23.6 Å². The van der Waals surface area contributed by atoms with E-state index in [-0.39, 0.29) is 6.61 Å². The van der Waals surface area contributed by atoms with Crippen molar-refractivity contribution in [3.8, 4) is 5.75 Å². The zero-order valence-corrected chi connectivity index (χ0v) is 10.5. The van der Waals surface area contributed by atoms with Crippen LogP contribution in [0.2, 0.25) is 0 Å². The lowest BCUT2D eigenvalue weighted by molar-refractivity contribution is 0.0493. The van der Waals surface area contributed by atoms with Crippen LogP contribution in [0.5, 0.6) is 5.75 Å². The predicted octanol–water partition coefficient (Wildman–Crippen LogP) is 1.60. The van der Waals surface area contributed by atoms with Gasteiger partial charge in [0.25, 0.3) is 0 Å². The fourth-order valence-electron chi connectivity index (χ4n) is 1.58. The Morgan fingerprint density at radius 1 is 1.33 bits per heavy atom. The van der Waals surface area contributed by atoms with Crippen molar-refractivity contribution in [1.29, 1.82) is 0 Å². The SMILES string of the molecule is COc1c(N)cccc1C(=O)OCCCCCO. The first kappa shape index (κ1) is 14.3. The zero-order valence-electron chi connectivity index (χ0n) is 10.5. The number of rotatable bonds is 7. The molecule has 0 unspecified atom stereocenters. The number of aliphatic hydroxyl groups excluding tert-OH is 1. The molecule has 0 atom stereocenters. The lowest BCUT2D eigenvalue weighted by Gasteiger charge is -2.10. The number of hydrogen-bond acceptors (Lipinski definition) is 5. The summed E-state index contributed by atoms with van der Waals surface area (Å²) in [6.45, 7) is 0.494. The molecule has 0 radical (unpaired) electrons. The Morgan fingerprint density at radius 3 is 2.78 bits per heavy atom. The Balaban J connectivity index is 2.54. The largest absolute Gasteiger partial charge is 0.494 e. The first-order valence-electron chi connectivity index (χ1n) is 5.91. The Morgan fingerprint density at radius 2 is 2.11 bits per heavy atom. The molecule has 0 aromatic heterocycles. The van der Waals surface area contributed by atoms with E-state index in [1.165, 1.54) is 7.11 Å². The summed E-state index contributed by atoms with van der Waals surface area (Å²) in [5.74, 6) is -0.0963. The number of methoxy groups -OCH3 is 1. The first-order chi connectivity index (χ1) is 8.70. The van der Waals surface area contributed by atoms with Gasteiger partial charge in [-0.2, -0.15) is 0 Å². The molecule has 0 bridgehead atoms. The average Bonchev–Trinajstić information content (AvgIpc) is 2.38. The highest BCUT2D eigenvalue weighted by molar-refractivity contribution is 5.94. The monoisotopic (exact) mass is 253 g/mol. The molecular weight excluding hydrogens is 234 g/mol. The summed E-state index contributed by atoms with van der Waals surface area (Å²) in [5.41, 5.74) is 6.45. The average molecular weight is 253 g/mol. The minimum atomic E-state index is -0.442. The second-order valence-electron chi connectivity index (χ2n) is 3.85. The number of hydrogen-bond donors (Lipinski definition) is 2. The number of nitrogens with two attached hydrogens (primary N) is 1. The number of ether oxygens (including phenoxy) is 2. The third-order valence-corrected chi connectivity index (χ3v) is 2.51. The highest BCUT2D eigenvalue weighted by Gasteiger charge is 2.15. The summed E-state index contributed by atoms with van der Waals surface area (Å²) in [5, 5.41) is 8.61. The smallest absolute Gasteiger partial charge is 0.342 e. The van der Waals surface area contributed by atoms with Gasteiger partial charge in [-0.05, 0) is 31.4 Å². The van der Waals surface area contributed by atoms with Crippen LogP contribution in [0, 0.1) is 0 Å². The van der Waals surface area contributed by atoms with Gasteiger partial charge in [-0.1, -0.05) is 6.07 Å². The molecule has 5 heteroatoms. The van der Waals surface area contributed by atoms with Crippen LogP contribution in [0.1, 0.15) is 29.6 Å². The lowest BCUT2D eigenvalue weighted by Crippen LogP contribution is -2.09. The van der Waals surface area contributed by atoms with Crippen LogP contribution in [0.25, 0.3) is 0 Å². The number of anilines is 1. The maximum atomic E-state index is 11.8. The Kier molecular flexibility index (Phi) is 6.00. The van der Waals surface area contributed by atoms with Crippen molar-refractivity contribution in [1.82, 2.24) is 0 Å². The molecule has 1 aromatic rings. The standard InChI is InChI=1S/C13H19NO4/c1-17-12-10(6-5-7-11(12)14)13(16)18-9-4-2-3-8-15/h5-7,15H,2-4,8-9,14H2,1H3. The van der Waals surface area contributed by atoms with Crippen LogP contribution in [-0.2, 0) is 4.74 Å². The van der Waals surface area contributed by atoms with Crippen molar-refractivity contribution >= 4 is 11.7 Å². The molecule has 0 saturated heterocycles. The van der Waals surface area contributed by atoms with E-state index in [2.05, 4.69) is 0 Å². The molecule has 1 rings (SSSR count). The number of unbranched alkanes of at least 4 members (excludes halogenated alkanes) is 2. The summed E-state index contributed by atoms with van der Waals surface area (Å²) < 4.78 is 10.2. The fourth-order valence-corrected chi connectivity index (χ4v) is 1.58. The van der Waals surface area contributed by atoms with Crippen LogP contribution in [0.3, 0.4) is 0 Å². The van der Waals surface area contributed by atoms with Crippen molar-refractivity contribution < 1.29 is 19.4 Å². The van der Waals surface area contributed by atoms with Gasteiger partial charge < -0.3 is 20.3 Å². The number of aliphatic hydroxyl groups is 1. The third kappa shape index (κ3) is 3.92. The molecule has 3 N–H and O–H groups in total. The molecule has 0 spiro atoms.